The van der Waals surface area contributed by atoms with Gasteiger partial charge in [0, 0.05) is 5.02 Å². The Hall–Kier alpha value is -2.47. The summed E-state index contributed by atoms with van der Waals surface area (Å²) >= 11 is 5.92. The summed E-state index contributed by atoms with van der Waals surface area (Å²) in [5, 5.41) is 3.07. The average molecular weight is 352 g/mol. The summed E-state index contributed by atoms with van der Waals surface area (Å²) in [5.74, 6) is 0.376. The Morgan fingerprint density at radius 3 is 2.54 bits per heavy atom. The number of halogens is 1. The van der Waals surface area contributed by atoms with Crippen molar-refractivity contribution >= 4 is 29.2 Å². The van der Waals surface area contributed by atoms with Crippen LogP contribution < -0.4 is 10.1 Å². The minimum absolute atomic E-state index is 0.299. The van der Waals surface area contributed by atoms with Crippen LogP contribution in [0.4, 0.5) is 5.69 Å². The molecule has 1 atom stereocenters. The van der Waals surface area contributed by atoms with E-state index in [-0.39, 0.29) is 0 Å². The number of carbonyl (C=O) groups is 2. The van der Waals surface area contributed by atoms with Crippen LogP contribution in [0.2, 0.25) is 5.02 Å². The zero-order valence-corrected chi connectivity index (χ0v) is 14.6. The number of amides is 1. The van der Waals surface area contributed by atoms with E-state index in [1.165, 1.54) is 14.0 Å². The van der Waals surface area contributed by atoms with Crippen LogP contribution in [-0.4, -0.2) is 25.1 Å². The van der Waals surface area contributed by atoms with E-state index in [1.807, 2.05) is 0 Å². The van der Waals surface area contributed by atoms with Crippen LogP contribution in [-0.2, 0) is 9.53 Å². The van der Waals surface area contributed by atoms with Gasteiger partial charge in [-0.05, 0) is 45.0 Å². The molecule has 0 aliphatic heterocycles. The van der Waals surface area contributed by atoms with Crippen LogP contribution in [0, 0.1) is 13.8 Å². The molecule has 7 heteroatoms. The molecule has 0 unspecified atom stereocenters. The number of furan rings is 1. The Morgan fingerprint density at radius 1 is 1.25 bits per heavy atom. The van der Waals surface area contributed by atoms with Gasteiger partial charge in [0.1, 0.15) is 22.8 Å². The topological polar surface area (TPSA) is 77.8 Å². The molecule has 0 bridgehead atoms. The summed E-state index contributed by atoms with van der Waals surface area (Å²) in [6.45, 7) is 4.86. The van der Waals surface area contributed by atoms with Crippen molar-refractivity contribution < 1.29 is 23.5 Å². The highest BCUT2D eigenvalue weighted by Gasteiger charge is 2.22. The monoisotopic (exact) mass is 351 g/mol. The molecule has 6 nitrogen and oxygen atoms in total. The Balaban J connectivity index is 2.06. The van der Waals surface area contributed by atoms with Crippen molar-refractivity contribution in [1.29, 1.82) is 0 Å². The van der Waals surface area contributed by atoms with Gasteiger partial charge in [-0.2, -0.15) is 0 Å². The van der Waals surface area contributed by atoms with Crippen molar-refractivity contribution in [3.05, 3.63) is 46.4 Å². The normalized spacial score (nSPS) is 11.7. The zero-order valence-electron chi connectivity index (χ0n) is 13.8. The molecule has 1 heterocycles. The number of nitrogens with one attached hydrogen (secondary N) is 1. The minimum Gasteiger partial charge on any atom is -0.495 e. The van der Waals surface area contributed by atoms with Gasteiger partial charge in [0.05, 0.1) is 12.8 Å². The summed E-state index contributed by atoms with van der Waals surface area (Å²) in [4.78, 5) is 24.4. The van der Waals surface area contributed by atoms with Gasteiger partial charge in [-0.25, -0.2) is 4.79 Å². The lowest BCUT2D eigenvalue weighted by Crippen LogP contribution is -2.30. The summed E-state index contributed by atoms with van der Waals surface area (Å²) in [5.41, 5.74) is 0.695. The van der Waals surface area contributed by atoms with Crippen LogP contribution in [0.15, 0.2) is 28.7 Å². The van der Waals surface area contributed by atoms with Gasteiger partial charge in [0.15, 0.2) is 6.10 Å². The van der Waals surface area contributed by atoms with E-state index in [1.54, 1.807) is 38.1 Å². The van der Waals surface area contributed by atoms with Crippen LogP contribution in [0.3, 0.4) is 0 Å². The second kappa shape index (κ2) is 7.40. The highest BCUT2D eigenvalue weighted by atomic mass is 35.5. The number of benzene rings is 1. The van der Waals surface area contributed by atoms with Crippen molar-refractivity contribution in [2.45, 2.75) is 26.9 Å². The molecule has 2 rings (SSSR count). The average Bonchev–Trinajstić information content (AvgIpc) is 2.86. The first kappa shape index (κ1) is 17.9. The molecule has 1 N–H and O–H groups in total. The number of anilines is 1. The third-order valence-corrected chi connectivity index (χ3v) is 3.57. The molecule has 0 saturated carbocycles. The number of hydrogen-bond acceptors (Lipinski definition) is 5. The maximum atomic E-state index is 12.2. The molecule has 1 aromatic heterocycles. The third kappa shape index (κ3) is 4.08. The van der Waals surface area contributed by atoms with Crippen LogP contribution >= 0.6 is 11.6 Å². The van der Waals surface area contributed by atoms with E-state index < -0.39 is 18.0 Å². The standard InChI is InChI=1S/C17H18ClNO5/c1-9-7-13(10(2)23-9)17(21)24-11(3)16(20)19-14-8-12(18)5-6-15(14)22-4/h5-8,11H,1-4H3,(H,19,20)/t11-/m1/s1. The Morgan fingerprint density at radius 2 is 1.96 bits per heavy atom. The zero-order chi connectivity index (χ0) is 17.9. The van der Waals surface area contributed by atoms with Crippen LogP contribution in [0.25, 0.3) is 0 Å². The molecule has 2 aromatic rings. The number of carbonyl (C=O) groups excluding carboxylic acids is 2. The lowest BCUT2D eigenvalue weighted by atomic mass is 10.2. The molecule has 24 heavy (non-hydrogen) atoms. The third-order valence-electron chi connectivity index (χ3n) is 3.33. The van der Waals surface area contributed by atoms with E-state index in [4.69, 9.17) is 25.5 Å². The first-order chi connectivity index (χ1) is 11.3. The second-order valence-corrected chi connectivity index (χ2v) is 5.64. The van der Waals surface area contributed by atoms with E-state index in [2.05, 4.69) is 5.32 Å². The van der Waals surface area contributed by atoms with Gasteiger partial charge in [-0.15, -0.1) is 0 Å². The fraction of sp³-hybridized carbons (Fsp3) is 0.294. The molecule has 0 radical (unpaired) electrons. The number of ether oxygens (including phenoxy) is 2. The minimum atomic E-state index is -1.00. The molecular formula is C17H18ClNO5. The SMILES string of the molecule is COc1ccc(Cl)cc1NC(=O)[C@@H](C)OC(=O)c1cc(C)oc1C. The molecular weight excluding hydrogens is 334 g/mol. The van der Waals surface area contributed by atoms with Crippen molar-refractivity contribution in [1.82, 2.24) is 0 Å². The van der Waals surface area contributed by atoms with Gasteiger partial charge >= 0.3 is 5.97 Å². The van der Waals surface area contributed by atoms with Crippen LogP contribution in [0.1, 0.15) is 28.8 Å². The lowest BCUT2D eigenvalue weighted by Gasteiger charge is -2.15. The Bertz CT molecular complexity index is 768. The summed E-state index contributed by atoms with van der Waals surface area (Å²) in [6, 6.07) is 6.40. The molecule has 0 aliphatic rings. The largest absolute Gasteiger partial charge is 0.495 e. The number of esters is 1. The van der Waals surface area contributed by atoms with Crippen molar-refractivity contribution in [2.24, 2.45) is 0 Å². The molecule has 1 amide bonds. The summed E-state index contributed by atoms with van der Waals surface area (Å²) in [7, 11) is 1.48. The summed E-state index contributed by atoms with van der Waals surface area (Å²) < 4.78 is 15.6. The van der Waals surface area contributed by atoms with Crippen molar-refractivity contribution in [3.63, 3.8) is 0 Å². The predicted octanol–water partition coefficient (Wildman–Crippen LogP) is 3.74. The molecule has 1 aromatic carbocycles. The Labute approximate surface area is 144 Å². The molecule has 0 spiro atoms. The second-order valence-electron chi connectivity index (χ2n) is 5.21. The maximum absolute atomic E-state index is 12.2. The first-order valence-corrected chi connectivity index (χ1v) is 7.62. The van der Waals surface area contributed by atoms with E-state index in [0.29, 0.717) is 33.5 Å². The van der Waals surface area contributed by atoms with Gasteiger partial charge in [0.25, 0.3) is 5.91 Å². The number of rotatable bonds is 5. The smallest absolute Gasteiger partial charge is 0.342 e. The number of hydrogen-bond donors (Lipinski definition) is 1. The first-order valence-electron chi connectivity index (χ1n) is 7.24. The van der Waals surface area contributed by atoms with E-state index >= 15 is 0 Å². The highest BCUT2D eigenvalue weighted by Crippen LogP contribution is 2.28. The van der Waals surface area contributed by atoms with Crippen molar-refractivity contribution in [3.8, 4) is 5.75 Å². The Kier molecular flexibility index (Phi) is 5.51. The summed E-state index contributed by atoms with van der Waals surface area (Å²) in [6.07, 6.45) is -1.00. The van der Waals surface area contributed by atoms with E-state index in [0.717, 1.165) is 0 Å². The molecule has 0 fully saturated rings. The van der Waals surface area contributed by atoms with Gasteiger partial charge in [-0.3, -0.25) is 4.79 Å². The van der Waals surface area contributed by atoms with Gasteiger partial charge < -0.3 is 19.2 Å². The van der Waals surface area contributed by atoms with E-state index in [9.17, 15) is 9.59 Å². The molecule has 128 valence electrons. The quantitative estimate of drug-likeness (QED) is 0.830. The maximum Gasteiger partial charge on any atom is 0.342 e. The highest BCUT2D eigenvalue weighted by molar-refractivity contribution is 6.31. The number of methoxy groups -OCH3 is 1. The lowest BCUT2D eigenvalue weighted by molar-refractivity contribution is -0.123. The fourth-order valence-electron chi connectivity index (χ4n) is 2.12. The van der Waals surface area contributed by atoms with Crippen LogP contribution in [0.5, 0.6) is 5.75 Å². The number of aryl methyl sites for hydroxylation is 2. The molecule has 0 aliphatic carbocycles. The van der Waals surface area contributed by atoms with Crippen molar-refractivity contribution in [2.75, 3.05) is 12.4 Å². The predicted molar refractivity (Wildman–Crippen MR) is 89.7 cm³/mol. The van der Waals surface area contributed by atoms with Gasteiger partial charge in [0.2, 0.25) is 0 Å². The molecule has 0 saturated heterocycles. The van der Waals surface area contributed by atoms with Gasteiger partial charge in [-0.1, -0.05) is 11.6 Å². The fourth-order valence-corrected chi connectivity index (χ4v) is 2.30.